The second-order valence-electron chi connectivity index (χ2n) is 6.61. The van der Waals surface area contributed by atoms with Crippen LogP contribution >= 0.6 is 0 Å². The number of benzene rings is 1. The van der Waals surface area contributed by atoms with E-state index in [9.17, 15) is 24.6 Å². The maximum absolute atomic E-state index is 12.5. The van der Waals surface area contributed by atoms with E-state index in [4.69, 9.17) is 4.74 Å². The van der Waals surface area contributed by atoms with Crippen molar-refractivity contribution in [1.29, 1.82) is 0 Å². The highest BCUT2D eigenvalue weighted by Crippen LogP contribution is 2.66. The van der Waals surface area contributed by atoms with Crippen molar-refractivity contribution < 1.29 is 29.3 Å². The third-order valence-electron chi connectivity index (χ3n) is 5.49. The number of ether oxygens (including phenoxy) is 1. The lowest BCUT2D eigenvalue weighted by molar-refractivity contribution is -0.152. The number of piperidine rings is 1. The molecule has 1 aliphatic heterocycles. The zero-order valence-electron chi connectivity index (χ0n) is 13.9. The van der Waals surface area contributed by atoms with Gasteiger partial charge in [-0.2, -0.15) is 0 Å². The number of likely N-dealkylation sites (tertiary alicyclic amines) is 1. The number of hydrogen-bond acceptors (Lipinski definition) is 4. The lowest BCUT2D eigenvalue weighted by Gasteiger charge is -2.38. The van der Waals surface area contributed by atoms with Gasteiger partial charge in [-0.25, -0.2) is 4.79 Å². The van der Waals surface area contributed by atoms with E-state index < -0.39 is 41.3 Å². The quantitative estimate of drug-likeness (QED) is 0.846. The van der Waals surface area contributed by atoms with Crippen molar-refractivity contribution in [2.45, 2.75) is 32.4 Å². The highest BCUT2D eigenvalue weighted by Gasteiger charge is 2.78. The van der Waals surface area contributed by atoms with Crippen LogP contribution in [0, 0.1) is 17.3 Å². The molecule has 2 N–H and O–H groups in total. The summed E-state index contributed by atoms with van der Waals surface area (Å²) in [5, 5.41) is 19.1. The average Bonchev–Trinajstić information content (AvgIpc) is 3.30. The lowest BCUT2D eigenvalue weighted by atomic mass is 9.85. The number of aliphatic carboxylic acids is 2. The largest absolute Gasteiger partial charge is 0.481 e. The normalized spacial score (nSPS) is 30.3. The molecule has 2 aliphatic rings. The molecule has 0 aromatic heterocycles. The Kier molecular flexibility index (Phi) is 4.41. The number of fused-ring (bicyclic) bond motifs is 1. The average molecular weight is 347 g/mol. The fourth-order valence-electron chi connectivity index (χ4n) is 4.42. The highest BCUT2D eigenvalue weighted by molar-refractivity contribution is 5.92. The van der Waals surface area contributed by atoms with Crippen molar-refractivity contribution in [2.24, 2.45) is 17.3 Å². The molecule has 2 fully saturated rings. The molecule has 3 rings (SSSR count). The maximum Gasteiger partial charge on any atom is 0.410 e. The molecule has 0 radical (unpaired) electrons. The summed E-state index contributed by atoms with van der Waals surface area (Å²) in [4.78, 5) is 37.3. The van der Waals surface area contributed by atoms with Crippen LogP contribution in [-0.2, 0) is 20.9 Å². The minimum absolute atomic E-state index is 0.0957. The standard InChI is InChI=1S/C18H21NO6/c1-2-13-18(16(22)23)12(14(18)15(20)21)8-9-19(13)17(24)25-10-11-6-4-3-5-7-11/h3-7,12-14H,2,8-10H2,1H3,(H,20,21)(H,22,23). The van der Waals surface area contributed by atoms with E-state index in [1.807, 2.05) is 30.3 Å². The Balaban J connectivity index is 1.77. The Morgan fingerprint density at radius 2 is 1.92 bits per heavy atom. The Bertz CT molecular complexity index is 690. The Morgan fingerprint density at radius 3 is 2.48 bits per heavy atom. The SMILES string of the molecule is CCC1N(C(=O)OCc2ccccc2)CCC2C(C(=O)O)C21C(=O)O. The van der Waals surface area contributed by atoms with Crippen LogP contribution in [0.25, 0.3) is 0 Å². The molecule has 7 nitrogen and oxygen atoms in total. The highest BCUT2D eigenvalue weighted by atomic mass is 16.6. The van der Waals surface area contributed by atoms with E-state index in [0.717, 1.165) is 5.56 Å². The van der Waals surface area contributed by atoms with Crippen LogP contribution in [0.15, 0.2) is 30.3 Å². The van der Waals surface area contributed by atoms with Gasteiger partial charge in [0.05, 0.1) is 12.0 Å². The molecule has 7 heteroatoms. The third-order valence-corrected chi connectivity index (χ3v) is 5.49. The molecular formula is C18H21NO6. The molecule has 25 heavy (non-hydrogen) atoms. The number of carbonyl (C=O) groups is 3. The first-order chi connectivity index (χ1) is 11.9. The number of amides is 1. The molecular weight excluding hydrogens is 326 g/mol. The summed E-state index contributed by atoms with van der Waals surface area (Å²) in [5.74, 6) is -3.62. The predicted octanol–water partition coefficient (Wildman–Crippen LogP) is 2.21. The topological polar surface area (TPSA) is 104 Å². The minimum atomic E-state index is -1.40. The number of carbonyl (C=O) groups excluding carboxylic acids is 1. The van der Waals surface area contributed by atoms with Gasteiger partial charge in [-0.3, -0.25) is 9.59 Å². The zero-order chi connectivity index (χ0) is 18.2. The fraction of sp³-hybridized carbons (Fsp3) is 0.500. The molecule has 1 heterocycles. The molecule has 4 atom stereocenters. The van der Waals surface area contributed by atoms with Gasteiger partial charge < -0.3 is 19.8 Å². The van der Waals surface area contributed by atoms with Crippen molar-refractivity contribution in [3.05, 3.63) is 35.9 Å². The van der Waals surface area contributed by atoms with Crippen LogP contribution in [0.4, 0.5) is 4.79 Å². The summed E-state index contributed by atoms with van der Waals surface area (Å²) in [6.45, 7) is 2.18. The summed E-state index contributed by atoms with van der Waals surface area (Å²) < 4.78 is 5.33. The zero-order valence-corrected chi connectivity index (χ0v) is 13.9. The van der Waals surface area contributed by atoms with E-state index in [1.165, 1.54) is 4.90 Å². The van der Waals surface area contributed by atoms with Gasteiger partial charge in [-0.15, -0.1) is 0 Å². The van der Waals surface area contributed by atoms with Gasteiger partial charge in [0.1, 0.15) is 12.0 Å². The second kappa shape index (κ2) is 6.38. The summed E-state index contributed by atoms with van der Waals surface area (Å²) in [6.07, 6.45) is 0.138. The first kappa shape index (κ1) is 17.3. The smallest absolute Gasteiger partial charge is 0.410 e. The molecule has 1 saturated carbocycles. The summed E-state index contributed by atoms with van der Waals surface area (Å²) in [6, 6.07) is 8.52. The lowest BCUT2D eigenvalue weighted by Crippen LogP contribution is -2.52. The molecule has 0 spiro atoms. The summed E-state index contributed by atoms with van der Waals surface area (Å²) in [5.41, 5.74) is -0.563. The Morgan fingerprint density at radius 1 is 1.24 bits per heavy atom. The summed E-state index contributed by atoms with van der Waals surface area (Å²) in [7, 11) is 0. The van der Waals surface area contributed by atoms with E-state index in [2.05, 4.69) is 0 Å². The Labute approximate surface area is 145 Å². The maximum atomic E-state index is 12.5. The molecule has 1 aromatic rings. The number of rotatable bonds is 5. The molecule has 134 valence electrons. The number of nitrogens with zero attached hydrogens (tertiary/aromatic N) is 1. The van der Waals surface area contributed by atoms with Crippen molar-refractivity contribution in [2.75, 3.05) is 6.54 Å². The van der Waals surface area contributed by atoms with E-state index in [0.29, 0.717) is 19.4 Å². The molecule has 1 saturated heterocycles. The predicted molar refractivity (Wildman–Crippen MR) is 86.7 cm³/mol. The van der Waals surface area contributed by atoms with Crippen molar-refractivity contribution in [1.82, 2.24) is 4.90 Å². The van der Waals surface area contributed by atoms with Crippen molar-refractivity contribution in [3.8, 4) is 0 Å². The van der Waals surface area contributed by atoms with Crippen LogP contribution < -0.4 is 0 Å². The van der Waals surface area contributed by atoms with Gasteiger partial charge in [0, 0.05) is 6.54 Å². The molecule has 1 aromatic carbocycles. The fourth-order valence-corrected chi connectivity index (χ4v) is 4.42. The molecule has 0 bridgehead atoms. The van der Waals surface area contributed by atoms with Gasteiger partial charge in [-0.1, -0.05) is 37.3 Å². The van der Waals surface area contributed by atoms with Gasteiger partial charge in [0.25, 0.3) is 0 Å². The van der Waals surface area contributed by atoms with Crippen LogP contribution in [-0.4, -0.2) is 45.7 Å². The van der Waals surface area contributed by atoms with Crippen LogP contribution in [0.2, 0.25) is 0 Å². The molecule has 1 aliphatic carbocycles. The minimum Gasteiger partial charge on any atom is -0.481 e. The van der Waals surface area contributed by atoms with Gasteiger partial charge >= 0.3 is 18.0 Å². The Hall–Kier alpha value is -2.57. The second-order valence-corrected chi connectivity index (χ2v) is 6.61. The van der Waals surface area contributed by atoms with Gasteiger partial charge in [-0.05, 0) is 24.3 Å². The molecule has 4 unspecified atom stereocenters. The first-order valence-electron chi connectivity index (χ1n) is 8.38. The van der Waals surface area contributed by atoms with Gasteiger partial charge in [0.15, 0.2) is 0 Å². The van der Waals surface area contributed by atoms with Crippen LogP contribution in [0.3, 0.4) is 0 Å². The van der Waals surface area contributed by atoms with E-state index in [1.54, 1.807) is 6.92 Å². The van der Waals surface area contributed by atoms with E-state index >= 15 is 0 Å². The number of carboxylic acid groups (broad SMARTS) is 2. The van der Waals surface area contributed by atoms with E-state index in [-0.39, 0.29) is 6.61 Å². The monoisotopic (exact) mass is 347 g/mol. The first-order valence-corrected chi connectivity index (χ1v) is 8.38. The number of carboxylic acids is 2. The van der Waals surface area contributed by atoms with Crippen LogP contribution in [0.5, 0.6) is 0 Å². The van der Waals surface area contributed by atoms with Crippen LogP contribution in [0.1, 0.15) is 25.3 Å². The van der Waals surface area contributed by atoms with Crippen molar-refractivity contribution >= 4 is 18.0 Å². The number of hydrogen-bond donors (Lipinski definition) is 2. The molecule has 1 amide bonds. The summed E-state index contributed by atoms with van der Waals surface area (Å²) >= 11 is 0. The third kappa shape index (κ3) is 2.63. The van der Waals surface area contributed by atoms with Gasteiger partial charge in [0.2, 0.25) is 0 Å². The van der Waals surface area contributed by atoms with Crippen molar-refractivity contribution in [3.63, 3.8) is 0 Å².